The molecule has 4 heteroatoms. The van der Waals surface area contributed by atoms with Crippen molar-refractivity contribution < 1.29 is 0 Å². The van der Waals surface area contributed by atoms with Gasteiger partial charge in [-0.25, -0.2) is 0 Å². The van der Waals surface area contributed by atoms with E-state index in [9.17, 15) is 0 Å². The Morgan fingerprint density at radius 3 is 2.10 bits per heavy atom. The lowest BCUT2D eigenvalue weighted by Crippen LogP contribution is -2.73. The Morgan fingerprint density at radius 2 is 1.70 bits per heavy atom. The molecule has 0 saturated carbocycles. The van der Waals surface area contributed by atoms with E-state index in [0.29, 0.717) is 30.2 Å². The van der Waals surface area contributed by atoms with Gasteiger partial charge in [0.2, 0.25) is 0 Å². The van der Waals surface area contributed by atoms with Crippen molar-refractivity contribution in [1.29, 1.82) is 5.26 Å². The fourth-order valence-corrected chi connectivity index (χ4v) is 6.26. The van der Waals surface area contributed by atoms with Gasteiger partial charge in [0.05, 0.1) is 16.5 Å². The zero-order valence-electron chi connectivity index (χ0n) is 14.5. The molecule has 0 aromatic heterocycles. The van der Waals surface area contributed by atoms with Gasteiger partial charge in [0.15, 0.2) is 0 Å². The fraction of sp³-hybridized carbons (Fsp3) is 0.938. The van der Waals surface area contributed by atoms with Crippen LogP contribution in [0.4, 0.5) is 0 Å². The molecule has 0 N–H and O–H groups in total. The molecule has 1 aliphatic heterocycles. The van der Waals surface area contributed by atoms with Gasteiger partial charge in [0.25, 0.3) is 0 Å². The summed E-state index contributed by atoms with van der Waals surface area (Å²) in [6.07, 6.45) is 0.649. The molecule has 1 heterocycles. The second-order valence-corrected chi connectivity index (χ2v) is 8.33. The van der Waals surface area contributed by atoms with Crippen LogP contribution in [0.25, 0.3) is 0 Å². The van der Waals surface area contributed by atoms with E-state index in [-0.39, 0.29) is 5.54 Å². The first kappa shape index (κ1) is 17.7. The van der Waals surface area contributed by atoms with Crippen molar-refractivity contribution >= 4 is 10.4 Å². The van der Waals surface area contributed by atoms with Gasteiger partial charge in [-0.1, -0.05) is 41.5 Å². The molecule has 3 nitrogen and oxygen atoms in total. The van der Waals surface area contributed by atoms with Crippen molar-refractivity contribution in [3.63, 3.8) is 0 Å². The molecule has 0 aliphatic carbocycles. The van der Waals surface area contributed by atoms with Gasteiger partial charge in [0, 0.05) is 37.6 Å². The Bertz CT molecular complexity index is 338. The summed E-state index contributed by atoms with van der Waals surface area (Å²) in [7, 11) is 1.13. The molecule has 1 atom stereocenters. The highest BCUT2D eigenvalue weighted by molar-refractivity contribution is 6.05. The molecule has 20 heavy (non-hydrogen) atoms. The van der Waals surface area contributed by atoms with Gasteiger partial charge >= 0.3 is 0 Å². The summed E-state index contributed by atoms with van der Waals surface area (Å²) >= 11 is 0. The largest absolute Gasteiger partial charge is 0.324 e. The first-order valence-electron chi connectivity index (χ1n) is 8.12. The third-order valence-electron chi connectivity index (χ3n) is 5.24. The molecule has 1 rings (SSSR count). The second kappa shape index (κ2) is 7.06. The molecule has 116 valence electrons. The Kier molecular flexibility index (Phi) is 6.24. The summed E-state index contributed by atoms with van der Waals surface area (Å²) in [5.41, 5.74) is 0.258. The maximum absolute atomic E-state index is 8.94. The van der Waals surface area contributed by atoms with Gasteiger partial charge in [-0.3, -0.25) is 4.90 Å². The Balaban J connectivity index is 3.22. The molecule has 0 radical (unpaired) electrons. The molecule has 0 spiro atoms. The molecule has 0 amide bonds. The van der Waals surface area contributed by atoms with Crippen LogP contribution in [-0.4, -0.2) is 51.1 Å². The highest BCUT2D eigenvalue weighted by Gasteiger charge is 2.52. The molecule has 0 aromatic rings. The van der Waals surface area contributed by atoms with E-state index in [4.69, 9.17) is 5.26 Å². The Hall–Kier alpha value is -0.373. The first-order valence-corrected chi connectivity index (χ1v) is 9.01. The van der Waals surface area contributed by atoms with E-state index in [0.717, 1.165) is 30.0 Å². The van der Waals surface area contributed by atoms with E-state index in [1.165, 1.54) is 0 Å². The smallest absolute Gasteiger partial charge is 0.0793 e. The number of rotatable bonds is 5. The minimum Gasteiger partial charge on any atom is -0.324 e. The zero-order chi connectivity index (χ0) is 15.5. The van der Waals surface area contributed by atoms with Crippen molar-refractivity contribution in [3.8, 4) is 6.07 Å². The van der Waals surface area contributed by atoms with Crippen LogP contribution in [0.1, 0.15) is 48.0 Å². The normalized spacial score (nSPS) is 24.7. The van der Waals surface area contributed by atoms with Crippen molar-refractivity contribution in [3.05, 3.63) is 0 Å². The standard InChI is InChI=1S/C16H33N3Si/c1-12(2)15-16(13(3)4,14(5)6)19(20)11-10-18(15)9-7-8-17/h12-15H,7,9-11H2,1-6,20H3. The third kappa shape index (κ3) is 2.95. The van der Waals surface area contributed by atoms with E-state index in [1.54, 1.807) is 0 Å². The Morgan fingerprint density at radius 1 is 1.15 bits per heavy atom. The van der Waals surface area contributed by atoms with Gasteiger partial charge in [-0.2, -0.15) is 5.26 Å². The zero-order valence-corrected chi connectivity index (χ0v) is 16.5. The van der Waals surface area contributed by atoms with Crippen LogP contribution in [0.2, 0.25) is 0 Å². The lowest BCUT2D eigenvalue weighted by molar-refractivity contribution is -0.0807. The van der Waals surface area contributed by atoms with Crippen LogP contribution in [0.15, 0.2) is 0 Å². The number of nitriles is 1. The van der Waals surface area contributed by atoms with E-state index >= 15 is 0 Å². The van der Waals surface area contributed by atoms with Gasteiger partial charge in [0.1, 0.15) is 0 Å². The number of nitrogens with zero attached hydrogens (tertiary/aromatic N) is 3. The van der Waals surface area contributed by atoms with Gasteiger partial charge in [-0.15, -0.1) is 0 Å². The van der Waals surface area contributed by atoms with Crippen LogP contribution in [0.5, 0.6) is 0 Å². The third-order valence-corrected chi connectivity index (χ3v) is 6.46. The number of hydrogen-bond donors (Lipinski definition) is 0. The topological polar surface area (TPSA) is 30.3 Å². The molecular formula is C16H33N3Si. The van der Waals surface area contributed by atoms with Gasteiger partial charge < -0.3 is 4.57 Å². The minimum absolute atomic E-state index is 0.258. The van der Waals surface area contributed by atoms with Crippen molar-refractivity contribution in [1.82, 2.24) is 9.47 Å². The van der Waals surface area contributed by atoms with Crippen LogP contribution in [0, 0.1) is 29.1 Å². The lowest BCUT2D eigenvalue weighted by Gasteiger charge is -2.61. The van der Waals surface area contributed by atoms with Crippen LogP contribution in [-0.2, 0) is 0 Å². The average molecular weight is 296 g/mol. The average Bonchev–Trinajstić information content (AvgIpc) is 2.35. The lowest BCUT2D eigenvalue weighted by atomic mass is 9.66. The first-order chi connectivity index (χ1) is 9.29. The Labute approximate surface area is 128 Å². The molecule has 1 fully saturated rings. The van der Waals surface area contributed by atoms with E-state index in [1.807, 2.05) is 0 Å². The van der Waals surface area contributed by atoms with Crippen LogP contribution in [0.3, 0.4) is 0 Å². The summed E-state index contributed by atoms with van der Waals surface area (Å²) in [6, 6.07) is 2.88. The monoisotopic (exact) mass is 295 g/mol. The van der Waals surface area contributed by atoms with E-state index in [2.05, 4.69) is 57.1 Å². The van der Waals surface area contributed by atoms with E-state index < -0.39 is 0 Å². The molecule has 1 unspecified atom stereocenters. The molecule has 0 aromatic carbocycles. The summed E-state index contributed by atoms with van der Waals surface area (Å²) in [5, 5.41) is 8.94. The summed E-state index contributed by atoms with van der Waals surface area (Å²) in [4.78, 5) is 2.60. The van der Waals surface area contributed by atoms with Crippen LogP contribution < -0.4 is 0 Å². The van der Waals surface area contributed by atoms with Crippen LogP contribution >= 0.6 is 0 Å². The SMILES string of the molecule is CC(C)C1N(CCC#N)CCN([SiH3])C1(C(C)C)C(C)C. The summed E-state index contributed by atoms with van der Waals surface area (Å²) in [5.74, 6) is 1.89. The van der Waals surface area contributed by atoms with Crippen molar-refractivity contribution in [2.75, 3.05) is 19.6 Å². The molecule has 0 bridgehead atoms. The highest BCUT2D eigenvalue weighted by atomic mass is 28.2. The molecule has 1 saturated heterocycles. The predicted octanol–water partition coefficient (Wildman–Crippen LogP) is 1.87. The maximum atomic E-state index is 8.94. The number of piperazine rings is 1. The fourth-order valence-electron chi connectivity index (χ4n) is 4.76. The minimum atomic E-state index is 0.258. The van der Waals surface area contributed by atoms with Gasteiger partial charge in [-0.05, 0) is 17.8 Å². The predicted molar refractivity (Wildman–Crippen MR) is 89.5 cm³/mol. The molecular weight excluding hydrogens is 262 g/mol. The maximum Gasteiger partial charge on any atom is 0.0793 e. The highest BCUT2D eigenvalue weighted by Crippen LogP contribution is 2.42. The summed E-state index contributed by atoms with van der Waals surface area (Å²) in [6.45, 7) is 17.4. The van der Waals surface area contributed by atoms with Crippen molar-refractivity contribution in [2.24, 2.45) is 17.8 Å². The summed E-state index contributed by atoms with van der Waals surface area (Å²) < 4.78 is 2.73. The van der Waals surface area contributed by atoms with Crippen molar-refractivity contribution in [2.45, 2.75) is 59.5 Å². The second-order valence-electron chi connectivity index (χ2n) is 7.25. The quantitative estimate of drug-likeness (QED) is 0.726. The number of hydrogen-bond acceptors (Lipinski definition) is 3. The molecule has 1 aliphatic rings.